The number of H-pyrrole nitrogens is 2. The van der Waals surface area contributed by atoms with Crippen molar-refractivity contribution < 1.29 is 13.2 Å². The fourth-order valence-electron chi connectivity index (χ4n) is 4.10. The first-order chi connectivity index (χ1) is 15.3. The molecular weight excluding hydrogens is 441 g/mol. The molecule has 1 aliphatic heterocycles. The molecule has 0 spiro atoms. The lowest BCUT2D eigenvalue weighted by Gasteiger charge is -2.27. The van der Waals surface area contributed by atoms with Gasteiger partial charge in [0.2, 0.25) is 0 Å². The molecule has 0 atom stereocenters. The zero-order chi connectivity index (χ0) is 22.5. The maximum absolute atomic E-state index is 12.8. The Labute approximate surface area is 185 Å². The van der Waals surface area contributed by atoms with Gasteiger partial charge in [-0.15, -0.1) is 0 Å². The van der Waals surface area contributed by atoms with E-state index in [9.17, 15) is 18.0 Å². The lowest BCUT2D eigenvalue weighted by molar-refractivity contribution is -0.137. The van der Waals surface area contributed by atoms with Crippen molar-refractivity contribution in [1.82, 2.24) is 19.9 Å². The van der Waals surface area contributed by atoms with Crippen molar-refractivity contribution in [2.24, 2.45) is 0 Å². The van der Waals surface area contributed by atoms with E-state index in [1.54, 1.807) is 0 Å². The van der Waals surface area contributed by atoms with Crippen LogP contribution >= 0.6 is 11.6 Å². The van der Waals surface area contributed by atoms with Crippen LogP contribution in [0.2, 0.25) is 5.02 Å². The van der Waals surface area contributed by atoms with E-state index in [2.05, 4.69) is 19.9 Å². The summed E-state index contributed by atoms with van der Waals surface area (Å²) < 4.78 is 38.5. The van der Waals surface area contributed by atoms with Gasteiger partial charge < -0.3 is 9.97 Å². The number of aromatic amines is 2. The number of hydrogen-bond donors (Lipinski definition) is 2. The summed E-state index contributed by atoms with van der Waals surface area (Å²) in [5.41, 5.74) is 2.81. The highest BCUT2D eigenvalue weighted by Crippen LogP contribution is 2.31. The van der Waals surface area contributed by atoms with E-state index in [0.717, 1.165) is 28.6 Å². The number of aromatic nitrogens is 3. The molecule has 0 amide bonds. The van der Waals surface area contributed by atoms with Crippen LogP contribution in [0.3, 0.4) is 0 Å². The van der Waals surface area contributed by atoms with Crippen LogP contribution in [0, 0.1) is 0 Å². The van der Waals surface area contributed by atoms with E-state index in [4.69, 9.17) is 11.6 Å². The minimum absolute atomic E-state index is 0.247. The quantitative estimate of drug-likeness (QED) is 0.446. The average molecular weight is 459 g/mol. The molecule has 164 valence electrons. The number of nitrogens with zero attached hydrogens (tertiary/aromatic N) is 2. The molecule has 0 fully saturated rings. The molecule has 0 saturated carbocycles. The van der Waals surface area contributed by atoms with Gasteiger partial charge in [-0.2, -0.15) is 13.2 Å². The third-order valence-electron chi connectivity index (χ3n) is 5.76. The van der Waals surface area contributed by atoms with Crippen molar-refractivity contribution in [1.29, 1.82) is 0 Å². The lowest BCUT2D eigenvalue weighted by atomic mass is 10.0. The van der Waals surface area contributed by atoms with E-state index in [1.807, 2.05) is 24.4 Å². The summed E-state index contributed by atoms with van der Waals surface area (Å²) in [6.07, 6.45) is -1.91. The molecule has 5 nitrogen and oxygen atoms in total. The van der Waals surface area contributed by atoms with Gasteiger partial charge in [0.25, 0.3) is 5.56 Å². The molecule has 0 radical (unpaired) electrons. The SMILES string of the molecule is O=c1[nH]c(-c2ccc(C(F)(F)F)cc2)nc2c1CCN(Cc1c[nH]c3ccc(Cl)cc13)C2. The van der Waals surface area contributed by atoms with E-state index >= 15 is 0 Å². The van der Waals surface area contributed by atoms with Crippen molar-refractivity contribution in [3.8, 4) is 11.4 Å². The molecule has 32 heavy (non-hydrogen) atoms. The summed E-state index contributed by atoms with van der Waals surface area (Å²) >= 11 is 6.15. The molecule has 5 rings (SSSR count). The summed E-state index contributed by atoms with van der Waals surface area (Å²) in [5.74, 6) is 0.267. The maximum atomic E-state index is 12.8. The molecule has 0 unspecified atom stereocenters. The van der Waals surface area contributed by atoms with Crippen molar-refractivity contribution in [2.45, 2.75) is 25.7 Å². The molecular formula is C23H18ClF3N4O. The molecule has 0 bridgehead atoms. The van der Waals surface area contributed by atoms with Crippen LogP contribution < -0.4 is 5.56 Å². The highest BCUT2D eigenvalue weighted by Gasteiger charge is 2.30. The third-order valence-corrected chi connectivity index (χ3v) is 6.00. The van der Waals surface area contributed by atoms with Gasteiger partial charge in [0, 0.05) is 52.9 Å². The van der Waals surface area contributed by atoms with Gasteiger partial charge in [0.15, 0.2) is 0 Å². The standard InChI is InChI=1S/C23H18ClF3N4O/c24-16-5-6-19-18(9-16)14(10-28-19)11-31-8-7-17-20(12-31)29-21(30-22(17)32)13-1-3-15(4-2-13)23(25,26)27/h1-6,9-10,28H,7-8,11-12H2,(H,29,30,32). The minimum Gasteiger partial charge on any atom is -0.361 e. The van der Waals surface area contributed by atoms with E-state index in [1.165, 1.54) is 12.1 Å². The van der Waals surface area contributed by atoms with Crippen LogP contribution in [0.5, 0.6) is 0 Å². The Morgan fingerprint density at radius 1 is 1.12 bits per heavy atom. The van der Waals surface area contributed by atoms with Gasteiger partial charge in [-0.3, -0.25) is 9.69 Å². The highest BCUT2D eigenvalue weighted by molar-refractivity contribution is 6.31. The van der Waals surface area contributed by atoms with E-state index in [0.29, 0.717) is 47.9 Å². The average Bonchev–Trinajstić information content (AvgIpc) is 3.14. The Hall–Kier alpha value is -3.10. The second-order valence-corrected chi connectivity index (χ2v) is 8.32. The first-order valence-corrected chi connectivity index (χ1v) is 10.4. The summed E-state index contributed by atoms with van der Waals surface area (Å²) in [6, 6.07) is 10.3. The second-order valence-electron chi connectivity index (χ2n) is 7.88. The van der Waals surface area contributed by atoms with Crippen molar-refractivity contribution in [3.05, 3.63) is 86.4 Å². The van der Waals surface area contributed by atoms with Crippen LogP contribution in [0.15, 0.2) is 53.5 Å². The topological polar surface area (TPSA) is 64.8 Å². The van der Waals surface area contributed by atoms with Gasteiger partial charge in [0.1, 0.15) is 5.82 Å². The predicted molar refractivity (Wildman–Crippen MR) is 116 cm³/mol. The Morgan fingerprint density at radius 2 is 1.91 bits per heavy atom. The van der Waals surface area contributed by atoms with Crippen LogP contribution in [0.25, 0.3) is 22.3 Å². The number of halogens is 4. The van der Waals surface area contributed by atoms with Gasteiger partial charge in [0.05, 0.1) is 11.3 Å². The summed E-state index contributed by atoms with van der Waals surface area (Å²) in [5, 5.41) is 1.71. The van der Waals surface area contributed by atoms with Crippen LogP contribution in [0.4, 0.5) is 13.2 Å². The molecule has 0 aliphatic carbocycles. The van der Waals surface area contributed by atoms with Crippen molar-refractivity contribution in [2.75, 3.05) is 6.54 Å². The normalized spacial score (nSPS) is 14.6. The van der Waals surface area contributed by atoms with Gasteiger partial charge >= 0.3 is 6.18 Å². The second kappa shape index (κ2) is 7.79. The molecule has 1 aliphatic rings. The molecule has 0 saturated heterocycles. The number of rotatable bonds is 3. The zero-order valence-corrected chi connectivity index (χ0v) is 17.5. The molecule has 9 heteroatoms. The van der Waals surface area contributed by atoms with E-state index in [-0.39, 0.29) is 11.4 Å². The highest BCUT2D eigenvalue weighted by atomic mass is 35.5. The fourth-order valence-corrected chi connectivity index (χ4v) is 4.28. The fraction of sp³-hybridized carbons (Fsp3) is 0.217. The molecule has 2 N–H and O–H groups in total. The third kappa shape index (κ3) is 3.91. The van der Waals surface area contributed by atoms with Crippen molar-refractivity contribution >= 4 is 22.5 Å². The molecule has 3 heterocycles. The number of benzene rings is 2. The summed E-state index contributed by atoms with van der Waals surface area (Å²) in [6.45, 7) is 1.83. The van der Waals surface area contributed by atoms with Crippen molar-refractivity contribution in [3.63, 3.8) is 0 Å². The number of nitrogens with one attached hydrogen (secondary N) is 2. The molecule has 2 aromatic heterocycles. The van der Waals surface area contributed by atoms with Crippen LogP contribution in [-0.4, -0.2) is 26.4 Å². The lowest BCUT2D eigenvalue weighted by Crippen LogP contribution is -2.35. The van der Waals surface area contributed by atoms with Gasteiger partial charge in [-0.25, -0.2) is 4.98 Å². The zero-order valence-electron chi connectivity index (χ0n) is 16.8. The molecule has 2 aromatic carbocycles. The first-order valence-electron chi connectivity index (χ1n) is 10.1. The van der Waals surface area contributed by atoms with Gasteiger partial charge in [-0.1, -0.05) is 23.7 Å². The smallest absolute Gasteiger partial charge is 0.361 e. The van der Waals surface area contributed by atoms with Crippen LogP contribution in [0.1, 0.15) is 22.4 Å². The monoisotopic (exact) mass is 458 g/mol. The summed E-state index contributed by atoms with van der Waals surface area (Å²) in [7, 11) is 0. The van der Waals surface area contributed by atoms with Crippen LogP contribution in [-0.2, 0) is 25.7 Å². The Kier molecular flexibility index (Phi) is 5.06. The van der Waals surface area contributed by atoms with E-state index < -0.39 is 11.7 Å². The number of alkyl halides is 3. The first kappa shape index (κ1) is 20.8. The number of hydrogen-bond acceptors (Lipinski definition) is 3. The minimum atomic E-state index is -4.41. The predicted octanol–water partition coefficient (Wildman–Crippen LogP) is 5.15. The number of fused-ring (bicyclic) bond motifs is 2. The van der Waals surface area contributed by atoms with Gasteiger partial charge in [-0.05, 0) is 42.3 Å². The molecule has 4 aromatic rings. The maximum Gasteiger partial charge on any atom is 0.416 e. The Morgan fingerprint density at radius 3 is 2.66 bits per heavy atom. The Bertz CT molecular complexity index is 1360. The Balaban J connectivity index is 1.42. The summed E-state index contributed by atoms with van der Waals surface area (Å²) in [4.78, 5) is 25.3. The largest absolute Gasteiger partial charge is 0.416 e.